The van der Waals surface area contributed by atoms with Crippen LogP contribution < -0.4 is 10.9 Å². The topological polar surface area (TPSA) is 87.4 Å². The summed E-state index contributed by atoms with van der Waals surface area (Å²) in [5, 5.41) is 12.5. The van der Waals surface area contributed by atoms with Crippen LogP contribution in [0.4, 0.5) is 14.5 Å². The number of nitriles is 1. The lowest BCUT2D eigenvalue weighted by Crippen LogP contribution is -2.10. The summed E-state index contributed by atoms with van der Waals surface area (Å²) in [7, 11) is -0.484. The van der Waals surface area contributed by atoms with Gasteiger partial charge in [-0.3, -0.25) is 0 Å². The first kappa shape index (κ1) is 22.9. The summed E-state index contributed by atoms with van der Waals surface area (Å²) in [6.07, 6.45) is 3.09. The summed E-state index contributed by atoms with van der Waals surface area (Å²) in [4.78, 5) is 17.5. The minimum atomic E-state index is -0.568. The van der Waals surface area contributed by atoms with Gasteiger partial charge in [0.15, 0.2) is 5.82 Å². The van der Waals surface area contributed by atoms with Crippen LogP contribution in [0, 0.1) is 29.9 Å². The molecule has 0 radical (unpaired) electrons. The van der Waals surface area contributed by atoms with E-state index in [0.29, 0.717) is 44.1 Å². The van der Waals surface area contributed by atoms with Crippen LogP contribution in [0.15, 0.2) is 36.7 Å². The van der Waals surface area contributed by atoms with Crippen LogP contribution in [0.5, 0.6) is 0 Å². The third-order valence-corrected chi connectivity index (χ3v) is 6.45. The van der Waals surface area contributed by atoms with Crippen molar-refractivity contribution < 1.29 is 8.78 Å². The Morgan fingerprint density at radius 1 is 1.09 bits per heavy atom. The van der Waals surface area contributed by atoms with Crippen molar-refractivity contribution in [2.75, 3.05) is 18.6 Å². The van der Waals surface area contributed by atoms with Crippen molar-refractivity contribution in [1.29, 1.82) is 5.26 Å². The number of aromatic nitrogens is 4. The largest absolute Gasteiger partial charge is 0.378 e. The van der Waals surface area contributed by atoms with E-state index in [9.17, 15) is 8.78 Å². The van der Waals surface area contributed by atoms with Gasteiger partial charge in [-0.2, -0.15) is 5.26 Å². The number of nitrogens with zero attached hydrogens (tertiary/aromatic N) is 5. The highest BCUT2D eigenvalue weighted by Gasteiger charge is 2.18. The summed E-state index contributed by atoms with van der Waals surface area (Å²) in [5.74, 6) is -1.03. The Morgan fingerprint density at radius 2 is 1.82 bits per heavy atom. The molecule has 1 N–H and O–H groups in total. The van der Waals surface area contributed by atoms with Gasteiger partial charge in [0.05, 0.1) is 33.6 Å². The minimum Gasteiger partial charge on any atom is -0.378 e. The molecule has 4 aromatic rings. The molecule has 3 heterocycles. The molecule has 10 heteroatoms. The molecule has 0 aliphatic heterocycles. The third kappa shape index (κ3) is 4.61. The molecule has 0 amide bonds. The fourth-order valence-electron chi connectivity index (χ4n) is 3.26. The second kappa shape index (κ2) is 9.30. The lowest BCUT2D eigenvalue weighted by atomic mass is 10.1. The smallest absolute Gasteiger partial charge is 0.151 e. The highest BCUT2D eigenvalue weighted by molar-refractivity contribution is 7.63. The van der Waals surface area contributed by atoms with Gasteiger partial charge in [-0.25, -0.2) is 28.7 Å². The van der Waals surface area contributed by atoms with Gasteiger partial charge in [0.2, 0.25) is 0 Å². The van der Waals surface area contributed by atoms with Gasteiger partial charge in [-0.1, -0.05) is 11.6 Å². The van der Waals surface area contributed by atoms with Crippen molar-refractivity contribution in [2.24, 2.45) is 0 Å². The number of fused-ring (bicyclic) bond motifs is 1. The number of anilines is 1. The number of aryl methyl sites for hydroxylation is 1. The summed E-state index contributed by atoms with van der Waals surface area (Å²) < 4.78 is 29.2. The quantitative estimate of drug-likeness (QED) is 0.394. The second-order valence-corrected chi connectivity index (χ2v) is 10.1. The van der Waals surface area contributed by atoms with Crippen LogP contribution in [0.3, 0.4) is 0 Å². The number of nitrogens with one attached hydrogen (secondary N) is 1. The molecule has 0 aliphatic carbocycles. The SMILES string of the molecule is Cc1nc2cc(F)c(-c3cnc(P(C)C)nc3)nc2c(NCc2cc(C#N)ccc2F)c1Cl. The van der Waals surface area contributed by atoms with Gasteiger partial charge < -0.3 is 5.32 Å². The first-order valence-electron chi connectivity index (χ1n) is 9.87. The zero-order chi connectivity index (χ0) is 23.7. The molecule has 6 nitrogen and oxygen atoms in total. The van der Waals surface area contributed by atoms with E-state index in [1.165, 1.54) is 24.3 Å². The monoisotopic (exact) mass is 482 g/mol. The number of hydrogen-bond donors (Lipinski definition) is 1. The lowest BCUT2D eigenvalue weighted by Gasteiger charge is -2.15. The van der Waals surface area contributed by atoms with Gasteiger partial charge in [-0.15, -0.1) is 0 Å². The molecule has 0 atom stereocenters. The van der Waals surface area contributed by atoms with Gasteiger partial charge >= 0.3 is 0 Å². The average Bonchev–Trinajstić information content (AvgIpc) is 2.80. The first-order valence-corrected chi connectivity index (χ1v) is 12.5. The number of rotatable bonds is 5. The molecule has 0 saturated heterocycles. The highest BCUT2D eigenvalue weighted by atomic mass is 35.5. The number of benzene rings is 1. The molecule has 33 heavy (non-hydrogen) atoms. The lowest BCUT2D eigenvalue weighted by molar-refractivity contribution is 0.613. The standard InChI is InChI=1S/C23H18ClF2N6P/c1-12-19(24)22(28-9-14-6-13(8-27)4-5-16(14)25)21-18(31-12)7-17(26)20(32-21)15-10-29-23(30-11-15)33(2)3/h4-7,10-11H,9H2,1-3H3,(H,28,31). The molecule has 0 fully saturated rings. The molecule has 0 unspecified atom stereocenters. The molecule has 1 aromatic carbocycles. The molecular weight excluding hydrogens is 465 g/mol. The number of halogens is 3. The van der Waals surface area contributed by atoms with Crippen LogP contribution in [-0.4, -0.2) is 33.3 Å². The summed E-state index contributed by atoms with van der Waals surface area (Å²) in [6, 6.07) is 7.37. The maximum Gasteiger partial charge on any atom is 0.151 e. The van der Waals surface area contributed by atoms with Crippen molar-refractivity contribution in [1.82, 2.24) is 19.9 Å². The van der Waals surface area contributed by atoms with Crippen LogP contribution in [0.1, 0.15) is 16.8 Å². The minimum absolute atomic E-state index is 0.0440. The maximum atomic E-state index is 14.9. The second-order valence-electron chi connectivity index (χ2n) is 7.51. The predicted molar refractivity (Wildman–Crippen MR) is 127 cm³/mol. The molecule has 0 aliphatic rings. The fourth-order valence-corrected chi connectivity index (χ4v) is 4.04. The Labute approximate surface area is 195 Å². The highest BCUT2D eigenvalue weighted by Crippen LogP contribution is 2.34. The average molecular weight is 483 g/mol. The Kier molecular flexibility index (Phi) is 6.46. The van der Waals surface area contributed by atoms with Crippen molar-refractivity contribution >= 4 is 41.8 Å². The van der Waals surface area contributed by atoms with Crippen LogP contribution in [0.25, 0.3) is 22.3 Å². The van der Waals surface area contributed by atoms with E-state index >= 15 is 0 Å². The van der Waals surface area contributed by atoms with Crippen LogP contribution >= 0.6 is 19.5 Å². The maximum absolute atomic E-state index is 14.9. The van der Waals surface area contributed by atoms with E-state index in [1.807, 2.05) is 19.4 Å². The van der Waals surface area contributed by atoms with Gasteiger partial charge in [-0.05, 0) is 46.4 Å². The van der Waals surface area contributed by atoms with E-state index in [0.717, 1.165) is 0 Å². The number of hydrogen-bond acceptors (Lipinski definition) is 6. The zero-order valence-electron chi connectivity index (χ0n) is 18.0. The predicted octanol–water partition coefficient (Wildman–Crippen LogP) is 5.18. The first-order chi connectivity index (χ1) is 15.8. The van der Waals surface area contributed by atoms with Crippen molar-refractivity contribution in [3.8, 4) is 17.3 Å². The Morgan fingerprint density at radius 3 is 2.48 bits per heavy atom. The Hall–Kier alpha value is -3.27. The van der Waals surface area contributed by atoms with Crippen LogP contribution in [0.2, 0.25) is 5.02 Å². The van der Waals surface area contributed by atoms with E-state index in [4.69, 9.17) is 16.9 Å². The van der Waals surface area contributed by atoms with E-state index in [1.54, 1.807) is 19.3 Å². The third-order valence-electron chi connectivity index (χ3n) is 4.96. The van der Waals surface area contributed by atoms with E-state index in [-0.39, 0.29) is 17.8 Å². The Bertz CT molecular complexity index is 1400. The van der Waals surface area contributed by atoms with Crippen molar-refractivity contribution in [2.45, 2.75) is 13.5 Å². The summed E-state index contributed by atoms with van der Waals surface area (Å²) >= 11 is 6.50. The van der Waals surface area contributed by atoms with E-state index in [2.05, 4.69) is 25.3 Å². The molecule has 0 saturated carbocycles. The van der Waals surface area contributed by atoms with Crippen molar-refractivity contribution in [3.05, 3.63) is 70.1 Å². The molecule has 0 spiro atoms. The van der Waals surface area contributed by atoms with Crippen LogP contribution in [-0.2, 0) is 6.54 Å². The summed E-state index contributed by atoms with van der Waals surface area (Å²) in [5.41, 5.74) is 3.31. The van der Waals surface area contributed by atoms with Gasteiger partial charge in [0, 0.05) is 36.1 Å². The van der Waals surface area contributed by atoms with Gasteiger partial charge in [0.25, 0.3) is 0 Å². The molecule has 166 valence electrons. The molecule has 0 bridgehead atoms. The fraction of sp³-hybridized carbons (Fsp3) is 0.174. The van der Waals surface area contributed by atoms with Gasteiger partial charge in [0.1, 0.15) is 22.6 Å². The van der Waals surface area contributed by atoms with Crippen molar-refractivity contribution in [3.63, 3.8) is 0 Å². The zero-order valence-corrected chi connectivity index (χ0v) is 19.6. The normalized spacial score (nSPS) is 11.1. The number of pyridine rings is 2. The Balaban J connectivity index is 1.79. The van der Waals surface area contributed by atoms with E-state index < -0.39 is 19.6 Å². The molecular formula is C23H18ClF2N6P. The molecule has 4 rings (SSSR count). The summed E-state index contributed by atoms with van der Waals surface area (Å²) in [6.45, 7) is 5.79. The molecule has 3 aromatic heterocycles.